The van der Waals surface area contributed by atoms with E-state index < -0.39 is 0 Å². The Morgan fingerprint density at radius 1 is 1.00 bits per heavy atom. The number of aromatic nitrogens is 3. The van der Waals surface area contributed by atoms with Gasteiger partial charge in [0, 0.05) is 48.0 Å². The van der Waals surface area contributed by atoms with E-state index in [4.69, 9.17) is 4.98 Å². The summed E-state index contributed by atoms with van der Waals surface area (Å²) in [6.07, 6.45) is 11.8. The van der Waals surface area contributed by atoms with Crippen LogP contribution in [0.2, 0.25) is 0 Å². The predicted molar refractivity (Wildman–Crippen MR) is 143 cm³/mol. The van der Waals surface area contributed by atoms with Crippen molar-refractivity contribution in [1.29, 1.82) is 0 Å². The van der Waals surface area contributed by atoms with E-state index in [0.29, 0.717) is 0 Å². The lowest BCUT2D eigenvalue weighted by Gasteiger charge is -2.35. The molecule has 6 rings (SSSR count). The number of benzene rings is 2. The molecule has 178 valence electrons. The molecule has 2 aromatic heterocycles. The highest BCUT2D eigenvalue weighted by atomic mass is 15.1. The van der Waals surface area contributed by atoms with Gasteiger partial charge in [-0.3, -0.25) is 4.99 Å². The Balaban J connectivity index is 1.25. The first-order valence-electron chi connectivity index (χ1n) is 12.6. The molecule has 4 heterocycles. The van der Waals surface area contributed by atoms with Crippen molar-refractivity contribution >= 4 is 23.4 Å². The summed E-state index contributed by atoms with van der Waals surface area (Å²) >= 11 is 0. The number of nitrogens with zero attached hydrogens (tertiary/aromatic N) is 5. The second-order valence-corrected chi connectivity index (χ2v) is 10.4. The fraction of sp³-hybridized carbons (Fsp3) is 0.345. The second-order valence-electron chi connectivity index (χ2n) is 10.4. The summed E-state index contributed by atoms with van der Waals surface area (Å²) in [6, 6.07) is 15.2. The van der Waals surface area contributed by atoms with Crippen LogP contribution in [0.5, 0.6) is 0 Å². The molecule has 2 aromatic carbocycles. The molecule has 2 aliphatic rings. The van der Waals surface area contributed by atoms with Crippen LogP contribution in [0.1, 0.15) is 49.8 Å². The smallest absolute Gasteiger partial charge is 0.180 e. The molecule has 2 aliphatic heterocycles. The van der Waals surface area contributed by atoms with Gasteiger partial charge in [0.05, 0.1) is 12.2 Å². The number of fused-ring (bicyclic) bond motifs is 2. The van der Waals surface area contributed by atoms with Gasteiger partial charge in [0.25, 0.3) is 0 Å². The zero-order valence-corrected chi connectivity index (χ0v) is 20.5. The largest absolute Gasteiger partial charge is 0.337 e. The standard InChI is InChI=1S/C29H32N6/c1-29(2,20-34-13-4-3-5-14-34)24-8-10-25(11-9-24)32-27-28-31-12-15-35(28)19-26(33-27)21-6-7-22-17-30-18-23(22)16-21/h6-12,15-17,19H,3-5,13-14,18,20H2,1-2H3,(H,32,33). The van der Waals surface area contributed by atoms with Crippen molar-refractivity contribution in [3.63, 3.8) is 0 Å². The molecule has 4 aromatic rings. The van der Waals surface area contributed by atoms with Crippen LogP contribution in [-0.2, 0) is 12.0 Å². The maximum atomic E-state index is 4.97. The number of nitrogens with one attached hydrogen (secondary N) is 1. The van der Waals surface area contributed by atoms with Crippen LogP contribution >= 0.6 is 0 Å². The summed E-state index contributed by atoms with van der Waals surface area (Å²) in [5.41, 5.74) is 7.73. The van der Waals surface area contributed by atoms with Gasteiger partial charge in [-0.25, -0.2) is 9.97 Å². The average Bonchev–Trinajstić information content (AvgIpc) is 3.54. The number of rotatable bonds is 6. The molecule has 1 N–H and O–H groups in total. The molecule has 0 radical (unpaired) electrons. The van der Waals surface area contributed by atoms with Gasteiger partial charge in [-0.2, -0.15) is 0 Å². The first-order chi connectivity index (χ1) is 17.0. The number of hydrogen-bond donors (Lipinski definition) is 1. The summed E-state index contributed by atoms with van der Waals surface area (Å²) in [6.45, 7) is 8.99. The van der Waals surface area contributed by atoms with Crippen molar-refractivity contribution in [2.75, 3.05) is 25.0 Å². The minimum atomic E-state index is 0.113. The quantitative estimate of drug-likeness (QED) is 0.390. The van der Waals surface area contributed by atoms with E-state index in [1.807, 2.05) is 29.2 Å². The fourth-order valence-electron chi connectivity index (χ4n) is 5.33. The van der Waals surface area contributed by atoms with Gasteiger partial charge in [-0.15, -0.1) is 0 Å². The van der Waals surface area contributed by atoms with Crippen LogP contribution in [0.15, 0.2) is 66.0 Å². The first-order valence-corrected chi connectivity index (χ1v) is 12.6. The van der Waals surface area contributed by atoms with Gasteiger partial charge in [0.2, 0.25) is 0 Å². The van der Waals surface area contributed by atoms with Crippen molar-refractivity contribution < 1.29 is 0 Å². The third-order valence-electron chi connectivity index (χ3n) is 7.30. The molecular weight excluding hydrogens is 432 g/mol. The van der Waals surface area contributed by atoms with Crippen molar-refractivity contribution in [3.05, 3.63) is 77.7 Å². The molecule has 0 saturated carbocycles. The van der Waals surface area contributed by atoms with Crippen molar-refractivity contribution in [2.45, 2.75) is 45.1 Å². The Kier molecular flexibility index (Phi) is 5.61. The summed E-state index contributed by atoms with van der Waals surface area (Å²) in [4.78, 5) is 16.5. The van der Waals surface area contributed by atoms with Crippen LogP contribution in [-0.4, -0.2) is 45.1 Å². The molecule has 1 saturated heterocycles. The van der Waals surface area contributed by atoms with Crippen molar-refractivity contribution in [2.24, 2.45) is 4.99 Å². The van der Waals surface area contributed by atoms with Gasteiger partial charge >= 0.3 is 0 Å². The minimum Gasteiger partial charge on any atom is -0.337 e. The Morgan fingerprint density at radius 2 is 1.83 bits per heavy atom. The van der Waals surface area contributed by atoms with E-state index in [9.17, 15) is 0 Å². The lowest BCUT2D eigenvalue weighted by Crippen LogP contribution is -2.39. The average molecular weight is 465 g/mol. The van der Waals surface area contributed by atoms with Crippen LogP contribution in [0, 0.1) is 0 Å². The maximum Gasteiger partial charge on any atom is 0.180 e. The molecular formula is C29H32N6. The molecule has 0 atom stereocenters. The lowest BCUT2D eigenvalue weighted by molar-refractivity contribution is 0.190. The predicted octanol–water partition coefficient (Wildman–Crippen LogP) is 5.84. The van der Waals surface area contributed by atoms with E-state index >= 15 is 0 Å². The highest BCUT2D eigenvalue weighted by Gasteiger charge is 2.25. The van der Waals surface area contributed by atoms with Gasteiger partial charge in [0.1, 0.15) is 0 Å². The van der Waals surface area contributed by atoms with Crippen LogP contribution in [0.4, 0.5) is 11.5 Å². The van der Waals surface area contributed by atoms with Gasteiger partial charge in [-0.05, 0) is 60.8 Å². The molecule has 0 spiro atoms. The number of anilines is 2. The zero-order chi connectivity index (χ0) is 23.8. The molecule has 35 heavy (non-hydrogen) atoms. The molecule has 6 nitrogen and oxygen atoms in total. The Morgan fingerprint density at radius 3 is 2.66 bits per heavy atom. The van der Waals surface area contributed by atoms with E-state index in [2.05, 4.69) is 76.5 Å². The molecule has 6 heteroatoms. The summed E-state index contributed by atoms with van der Waals surface area (Å²) in [5, 5.41) is 3.53. The number of hydrogen-bond acceptors (Lipinski definition) is 5. The Labute approximate surface area is 206 Å². The highest BCUT2D eigenvalue weighted by Crippen LogP contribution is 2.30. The van der Waals surface area contributed by atoms with E-state index in [0.717, 1.165) is 41.5 Å². The molecule has 0 bridgehead atoms. The third kappa shape index (κ3) is 4.46. The first kappa shape index (κ1) is 22.0. The Hall–Kier alpha value is -3.51. The molecule has 0 aliphatic carbocycles. The molecule has 0 amide bonds. The fourth-order valence-corrected chi connectivity index (χ4v) is 5.33. The monoisotopic (exact) mass is 464 g/mol. The van der Waals surface area contributed by atoms with Crippen LogP contribution in [0.3, 0.4) is 0 Å². The normalized spacial score (nSPS) is 16.1. The van der Waals surface area contributed by atoms with Gasteiger partial charge < -0.3 is 14.6 Å². The van der Waals surface area contributed by atoms with Crippen LogP contribution < -0.4 is 5.32 Å². The van der Waals surface area contributed by atoms with E-state index in [1.54, 1.807) is 0 Å². The summed E-state index contributed by atoms with van der Waals surface area (Å²) in [5.74, 6) is 0.754. The SMILES string of the molecule is CC(C)(CN1CCCCC1)c1ccc(Nc2nc(-c3ccc4c(c3)CN=C4)cn3ccnc23)cc1. The van der Waals surface area contributed by atoms with Gasteiger partial charge in [-0.1, -0.05) is 44.5 Å². The number of likely N-dealkylation sites (tertiary alicyclic amines) is 1. The topological polar surface area (TPSA) is 57.8 Å². The van der Waals surface area contributed by atoms with Gasteiger partial charge in [0.15, 0.2) is 11.5 Å². The van der Waals surface area contributed by atoms with Crippen molar-refractivity contribution in [3.8, 4) is 11.3 Å². The highest BCUT2D eigenvalue weighted by molar-refractivity contribution is 5.86. The maximum absolute atomic E-state index is 4.97. The Bertz CT molecular complexity index is 1380. The minimum absolute atomic E-state index is 0.113. The molecule has 0 unspecified atom stereocenters. The van der Waals surface area contributed by atoms with Crippen molar-refractivity contribution in [1.82, 2.24) is 19.3 Å². The third-order valence-corrected chi connectivity index (χ3v) is 7.30. The van der Waals surface area contributed by atoms with E-state index in [-0.39, 0.29) is 5.41 Å². The number of aliphatic imine (C=N–C) groups is 1. The lowest BCUT2D eigenvalue weighted by atomic mass is 9.83. The molecule has 1 fully saturated rings. The zero-order valence-electron chi connectivity index (χ0n) is 20.5. The summed E-state index contributed by atoms with van der Waals surface area (Å²) < 4.78 is 2.03. The summed E-state index contributed by atoms with van der Waals surface area (Å²) in [7, 11) is 0. The van der Waals surface area contributed by atoms with E-state index in [1.165, 1.54) is 49.0 Å². The second kappa shape index (κ2) is 8.93. The van der Waals surface area contributed by atoms with Crippen LogP contribution in [0.25, 0.3) is 16.9 Å². The number of imidazole rings is 1. The number of piperidine rings is 1.